The Kier molecular flexibility index (Phi) is 5.36. The molecule has 25 heavy (non-hydrogen) atoms. The minimum absolute atomic E-state index is 0.222. The van der Waals surface area contributed by atoms with Crippen molar-refractivity contribution in [2.75, 3.05) is 6.54 Å². The fourth-order valence-corrected chi connectivity index (χ4v) is 2.54. The van der Waals surface area contributed by atoms with Gasteiger partial charge in [0.1, 0.15) is 23.2 Å². The van der Waals surface area contributed by atoms with Crippen LogP contribution in [0, 0.1) is 0 Å². The van der Waals surface area contributed by atoms with Gasteiger partial charge in [0, 0.05) is 11.9 Å². The maximum absolute atomic E-state index is 12.1. The molecule has 0 aliphatic rings. The molecule has 2 atom stereocenters. The van der Waals surface area contributed by atoms with Gasteiger partial charge in [-0.15, -0.1) is 0 Å². The van der Waals surface area contributed by atoms with Gasteiger partial charge in [-0.1, -0.05) is 36.4 Å². The van der Waals surface area contributed by atoms with Crippen LogP contribution in [0.15, 0.2) is 65.1 Å². The summed E-state index contributed by atoms with van der Waals surface area (Å²) >= 11 is 0. The van der Waals surface area contributed by atoms with Crippen LogP contribution in [0.2, 0.25) is 0 Å². The second-order valence-corrected chi connectivity index (χ2v) is 5.86. The Morgan fingerprint density at radius 3 is 2.64 bits per heavy atom. The summed E-state index contributed by atoms with van der Waals surface area (Å²) in [6, 6.07) is 18.6. The Hall–Kier alpha value is -2.79. The second-order valence-electron chi connectivity index (χ2n) is 5.86. The first-order valence-electron chi connectivity index (χ1n) is 8.29. The third-order valence-corrected chi connectivity index (χ3v) is 3.92. The lowest BCUT2D eigenvalue weighted by molar-refractivity contribution is -0.127. The van der Waals surface area contributed by atoms with Crippen molar-refractivity contribution in [1.82, 2.24) is 5.32 Å². The number of carbonyl (C=O) groups excluding carboxylic acids is 1. The number of nitrogens with one attached hydrogen (secondary N) is 1. The van der Waals surface area contributed by atoms with Crippen molar-refractivity contribution in [1.29, 1.82) is 0 Å². The molecule has 0 saturated carbocycles. The lowest BCUT2D eigenvalue weighted by Crippen LogP contribution is -2.37. The molecule has 3 aromatic rings. The van der Waals surface area contributed by atoms with Gasteiger partial charge >= 0.3 is 0 Å². The minimum Gasteiger partial charge on any atom is -0.481 e. The van der Waals surface area contributed by atoms with E-state index in [0.29, 0.717) is 24.5 Å². The molecule has 1 heterocycles. The van der Waals surface area contributed by atoms with Crippen LogP contribution in [0.3, 0.4) is 0 Å². The summed E-state index contributed by atoms with van der Waals surface area (Å²) < 4.78 is 11.2. The third-order valence-electron chi connectivity index (χ3n) is 3.92. The van der Waals surface area contributed by atoms with Crippen molar-refractivity contribution in [3.63, 3.8) is 0 Å². The van der Waals surface area contributed by atoms with Gasteiger partial charge in [-0.25, -0.2) is 0 Å². The quantitative estimate of drug-likeness (QED) is 0.692. The van der Waals surface area contributed by atoms with Gasteiger partial charge in [-0.05, 0) is 37.6 Å². The summed E-state index contributed by atoms with van der Waals surface area (Å²) in [6.07, 6.45) is -1.01. The predicted molar refractivity (Wildman–Crippen MR) is 95.3 cm³/mol. The molecule has 2 unspecified atom stereocenters. The van der Waals surface area contributed by atoms with Crippen LogP contribution in [0.25, 0.3) is 11.0 Å². The molecule has 2 N–H and O–H groups in total. The van der Waals surface area contributed by atoms with Crippen molar-refractivity contribution in [2.45, 2.75) is 25.6 Å². The summed E-state index contributed by atoms with van der Waals surface area (Å²) in [6.45, 7) is 2.03. The van der Waals surface area contributed by atoms with E-state index >= 15 is 0 Å². The lowest BCUT2D eigenvalue weighted by atomic mass is 10.2. The summed E-state index contributed by atoms with van der Waals surface area (Å²) in [7, 11) is 0. The van der Waals surface area contributed by atoms with Gasteiger partial charge < -0.3 is 19.6 Å². The van der Waals surface area contributed by atoms with Crippen molar-refractivity contribution < 1.29 is 19.1 Å². The zero-order chi connectivity index (χ0) is 17.6. The highest BCUT2D eigenvalue weighted by atomic mass is 16.5. The van der Waals surface area contributed by atoms with Crippen LogP contribution < -0.4 is 10.1 Å². The summed E-state index contributed by atoms with van der Waals surface area (Å²) in [5, 5.41) is 14.0. The Morgan fingerprint density at radius 1 is 1.16 bits per heavy atom. The zero-order valence-corrected chi connectivity index (χ0v) is 14.0. The molecule has 0 aliphatic heterocycles. The smallest absolute Gasteiger partial charge is 0.260 e. The molecule has 0 saturated heterocycles. The van der Waals surface area contributed by atoms with Crippen molar-refractivity contribution in [3.05, 3.63) is 66.4 Å². The number of rotatable bonds is 7. The lowest BCUT2D eigenvalue weighted by Gasteiger charge is -2.15. The minimum atomic E-state index is -0.766. The van der Waals surface area contributed by atoms with E-state index in [4.69, 9.17) is 9.15 Å². The fraction of sp³-hybridized carbons (Fsp3) is 0.250. The highest BCUT2D eigenvalue weighted by molar-refractivity contribution is 5.80. The number of furan rings is 1. The third kappa shape index (κ3) is 4.39. The van der Waals surface area contributed by atoms with E-state index < -0.39 is 12.2 Å². The Balaban J connectivity index is 1.47. The molecule has 5 nitrogen and oxygen atoms in total. The van der Waals surface area contributed by atoms with E-state index in [1.54, 1.807) is 19.1 Å². The fourth-order valence-electron chi connectivity index (χ4n) is 2.54. The highest BCUT2D eigenvalue weighted by Gasteiger charge is 2.17. The molecule has 0 fully saturated rings. The van der Waals surface area contributed by atoms with Gasteiger partial charge in [0.25, 0.3) is 5.91 Å². The van der Waals surface area contributed by atoms with E-state index in [-0.39, 0.29) is 5.91 Å². The Labute approximate surface area is 146 Å². The van der Waals surface area contributed by atoms with Crippen LogP contribution >= 0.6 is 0 Å². The van der Waals surface area contributed by atoms with E-state index in [1.165, 1.54) is 0 Å². The number of ether oxygens (including phenoxy) is 1. The number of aliphatic hydroxyl groups excluding tert-OH is 1. The highest BCUT2D eigenvalue weighted by Crippen LogP contribution is 2.25. The monoisotopic (exact) mass is 339 g/mol. The van der Waals surface area contributed by atoms with Crippen molar-refractivity contribution in [2.24, 2.45) is 0 Å². The van der Waals surface area contributed by atoms with E-state index in [9.17, 15) is 9.90 Å². The normalized spacial score (nSPS) is 13.4. The largest absolute Gasteiger partial charge is 0.481 e. The number of para-hydroxylation sites is 2. The van der Waals surface area contributed by atoms with Crippen LogP contribution in [-0.4, -0.2) is 23.7 Å². The van der Waals surface area contributed by atoms with Gasteiger partial charge in [-0.2, -0.15) is 0 Å². The number of benzene rings is 2. The SMILES string of the molecule is CC(Oc1ccccc1)C(=O)NCCC(O)c1cc2ccccc2o1. The summed E-state index contributed by atoms with van der Waals surface area (Å²) in [4.78, 5) is 12.1. The second kappa shape index (κ2) is 7.85. The first kappa shape index (κ1) is 17.0. The molecular weight excluding hydrogens is 318 g/mol. The van der Waals surface area contributed by atoms with E-state index in [0.717, 1.165) is 11.0 Å². The number of hydrogen-bond acceptors (Lipinski definition) is 4. The van der Waals surface area contributed by atoms with Gasteiger partial charge in [0.2, 0.25) is 0 Å². The topological polar surface area (TPSA) is 71.7 Å². The molecule has 5 heteroatoms. The first-order valence-corrected chi connectivity index (χ1v) is 8.29. The molecule has 1 aromatic heterocycles. The average Bonchev–Trinajstić information content (AvgIpc) is 3.06. The molecule has 0 aliphatic carbocycles. The number of fused-ring (bicyclic) bond motifs is 1. The molecular formula is C20H21NO4. The molecule has 2 aromatic carbocycles. The van der Waals surface area contributed by atoms with Crippen LogP contribution in [0.1, 0.15) is 25.2 Å². The zero-order valence-electron chi connectivity index (χ0n) is 14.0. The number of aliphatic hydroxyl groups is 1. The Morgan fingerprint density at radius 2 is 1.88 bits per heavy atom. The number of amides is 1. The maximum atomic E-state index is 12.1. The predicted octanol–water partition coefficient (Wildman–Crippen LogP) is 3.44. The average molecular weight is 339 g/mol. The summed E-state index contributed by atoms with van der Waals surface area (Å²) in [5.74, 6) is 0.928. The van der Waals surface area contributed by atoms with Gasteiger partial charge in [0.05, 0.1) is 0 Å². The molecule has 1 amide bonds. The van der Waals surface area contributed by atoms with E-state index in [2.05, 4.69) is 5.32 Å². The maximum Gasteiger partial charge on any atom is 0.260 e. The van der Waals surface area contributed by atoms with Crippen molar-refractivity contribution in [3.8, 4) is 5.75 Å². The van der Waals surface area contributed by atoms with Crippen molar-refractivity contribution >= 4 is 16.9 Å². The first-order chi connectivity index (χ1) is 12.1. The molecule has 3 rings (SSSR count). The van der Waals surface area contributed by atoms with Crippen LogP contribution in [-0.2, 0) is 4.79 Å². The van der Waals surface area contributed by atoms with E-state index in [1.807, 2.05) is 48.5 Å². The standard InChI is InChI=1S/C20H21NO4/c1-14(24-16-8-3-2-4-9-16)20(23)21-12-11-17(22)19-13-15-7-5-6-10-18(15)25-19/h2-10,13-14,17,22H,11-12H2,1H3,(H,21,23). The molecule has 0 spiro atoms. The van der Waals surface area contributed by atoms with Gasteiger partial charge in [0.15, 0.2) is 6.10 Å². The molecule has 130 valence electrons. The number of carbonyl (C=O) groups is 1. The van der Waals surface area contributed by atoms with Gasteiger partial charge in [-0.3, -0.25) is 4.79 Å². The van der Waals surface area contributed by atoms with Crippen LogP contribution in [0.4, 0.5) is 0 Å². The molecule has 0 radical (unpaired) electrons. The van der Waals surface area contributed by atoms with Crippen LogP contribution in [0.5, 0.6) is 5.75 Å². The number of hydrogen-bond donors (Lipinski definition) is 2. The molecule has 0 bridgehead atoms. The Bertz CT molecular complexity index is 795. The summed E-state index contributed by atoms with van der Waals surface area (Å²) in [5.41, 5.74) is 0.741.